The molecule has 1 aromatic carbocycles. The van der Waals surface area contributed by atoms with Gasteiger partial charge in [-0.05, 0) is 12.8 Å². The largest absolute Gasteiger partial charge is 0.486 e. The van der Waals surface area contributed by atoms with Crippen molar-refractivity contribution >= 4 is 16.9 Å². The number of ether oxygens (including phenoxy) is 2. The van der Waals surface area contributed by atoms with E-state index >= 15 is 0 Å². The summed E-state index contributed by atoms with van der Waals surface area (Å²) >= 11 is 0. The number of fused-ring (bicyclic) bond motifs is 2. The van der Waals surface area contributed by atoms with Crippen molar-refractivity contribution in [3.63, 3.8) is 0 Å². The van der Waals surface area contributed by atoms with Crippen LogP contribution in [0.3, 0.4) is 0 Å². The molecule has 0 atom stereocenters. The molecular weight excluding hydrogens is 339 g/mol. The Bertz CT molecular complexity index is 825. The molecule has 1 fully saturated rings. The van der Waals surface area contributed by atoms with Crippen molar-refractivity contribution in [1.29, 1.82) is 0 Å². The smallest absolute Gasteiger partial charge is 0.449 e. The second kappa shape index (κ2) is 5.82. The number of carbonyl (C=O) groups is 1. The van der Waals surface area contributed by atoms with Crippen LogP contribution in [-0.2, 0) is 17.5 Å². The number of rotatable bonds is 2. The van der Waals surface area contributed by atoms with Crippen molar-refractivity contribution in [3.8, 4) is 11.5 Å². The van der Waals surface area contributed by atoms with E-state index in [2.05, 4.69) is 4.98 Å². The van der Waals surface area contributed by atoms with Gasteiger partial charge in [0.25, 0.3) is 0 Å². The molecule has 3 heterocycles. The lowest BCUT2D eigenvalue weighted by Gasteiger charge is -2.19. The first-order chi connectivity index (χ1) is 11.9. The third kappa shape index (κ3) is 2.87. The normalized spacial score (nSPS) is 17.3. The first-order valence-electron chi connectivity index (χ1n) is 8.08. The molecule has 0 aliphatic carbocycles. The Labute approximate surface area is 141 Å². The Morgan fingerprint density at radius 2 is 1.76 bits per heavy atom. The maximum absolute atomic E-state index is 13.4. The average Bonchev–Trinajstić information content (AvgIpc) is 3.21. The molecule has 0 unspecified atom stereocenters. The molecule has 0 N–H and O–H groups in total. The monoisotopic (exact) mass is 355 g/mol. The van der Waals surface area contributed by atoms with Gasteiger partial charge in [0.15, 0.2) is 11.5 Å². The highest BCUT2D eigenvalue weighted by Crippen LogP contribution is 2.38. The number of likely N-dealkylation sites (tertiary alicyclic amines) is 1. The van der Waals surface area contributed by atoms with Crippen LogP contribution in [0, 0.1) is 0 Å². The topological polar surface area (TPSA) is 56.6 Å². The zero-order valence-electron chi connectivity index (χ0n) is 13.3. The van der Waals surface area contributed by atoms with Crippen LogP contribution in [0.1, 0.15) is 18.7 Å². The third-order valence-corrected chi connectivity index (χ3v) is 4.42. The van der Waals surface area contributed by atoms with Gasteiger partial charge in [-0.2, -0.15) is 13.2 Å². The number of aromatic nitrogens is 2. The minimum atomic E-state index is -4.66. The second-order valence-electron chi connectivity index (χ2n) is 6.09. The number of hydrogen-bond donors (Lipinski definition) is 0. The molecule has 0 radical (unpaired) electrons. The molecule has 6 nitrogen and oxygen atoms in total. The summed E-state index contributed by atoms with van der Waals surface area (Å²) in [7, 11) is 0. The minimum Gasteiger partial charge on any atom is -0.486 e. The average molecular weight is 355 g/mol. The second-order valence-corrected chi connectivity index (χ2v) is 6.09. The fraction of sp³-hybridized carbons (Fsp3) is 0.500. The maximum atomic E-state index is 13.4. The van der Waals surface area contributed by atoms with Crippen molar-refractivity contribution in [3.05, 3.63) is 18.0 Å². The van der Waals surface area contributed by atoms with Gasteiger partial charge in [-0.3, -0.25) is 4.79 Å². The van der Waals surface area contributed by atoms with Crippen LogP contribution < -0.4 is 9.47 Å². The van der Waals surface area contributed by atoms with E-state index in [0.29, 0.717) is 37.8 Å². The van der Waals surface area contributed by atoms with Gasteiger partial charge in [-0.1, -0.05) is 0 Å². The summed E-state index contributed by atoms with van der Waals surface area (Å²) in [5.41, 5.74) is 0.343. The van der Waals surface area contributed by atoms with Gasteiger partial charge >= 0.3 is 6.18 Å². The predicted molar refractivity (Wildman–Crippen MR) is 81.5 cm³/mol. The molecule has 0 bridgehead atoms. The van der Waals surface area contributed by atoms with Gasteiger partial charge in [-0.15, -0.1) is 0 Å². The summed E-state index contributed by atoms with van der Waals surface area (Å²) in [6.45, 7) is 1.42. The van der Waals surface area contributed by atoms with Crippen LogP contribution in [0.25, 0.3) is 11.0 Å². The van der Waals surface area contributed by atoms with Gasteiger partial charge in [0, 0.05) is 25.2 Å². The van der Waals surface area contributed by atoms with E-state index < -0.39 is 18.5 Å². The van der Waals surface area contributed by atoms with Gasteiger partial charge in [0.2, 0.25) is 11.7 Å². The van der Waals surface area contributed by atoms with E-state index in [0.717, 1.165) is 17.4 Å². The number of halogens is 3. The van der Waals surface area contributed by atoms with Gasteiger partial charge in [0.05, 0.1) is 11.0 Å². The molecule has 25 heavy (non-hydrogen) atoms. The highest BCUT2D eigenvalue weighted by molar-refractivity contribution is 5.84. The Morgan fingerprint density at radius 3 is 2.40 bits per heavy atom. The molecule has 1 aromatic heterocycles. The first kappa shape index (κ1) is 16.0. The Kier molecular flexibility index (Phi) is 3.73. The molecule has 2 aliphatic rings. The van der Waals surface area contributed by atoms with E-state index in [4.69, 9.17) is 9.47 Å². The van der Waals surface area contributed by atoms with Crippen molar-refractivity contribution in [2.45, 2.75) is 25.6 Å². The summed E-state index contributed by atoms with van der Waals surface area (Å²) < 4.78 is 52.0. The molecule has 1 saturated heterocycles. The Hall–Kier alpha value is -2.45. The molecule has 2 aromatic rings. The van der Waals surface area contributed by atoms with Crippen LogP contribution in [-0.4, -0.2) is 46.7 Å². The quantitative estimate of drug-likeness (QED) is 0.830. The van der Waals surface area contributed by atoms with Crippen LogP contribution in [0.15, 0.2) is 12.1 Å². The van der Waals surface area contributed by atoms with E-state index in [-0.39, 0.29) is 16.9 Å². The van der Waals surface area contributed by atoms with E-state index in [1.807, 2.05) is 0 Å². The molecule has 4 rings (SSSR count). The van der Waals surface area contributed by atoms with Gasteiger partial charge < -0.3 is 18.9 Å². The summed E-state index contributed by atoms with van der Waals surface area (Å²) in [5.74, 6) is -0.695. The van der Waals surface area contributed by atoms with Gasteiger partial charge in [0.1, 0.15) is 19.8 Å². The molecule has 2 aliphatic heterocycles. The highest BCUT2D eigenvalue weighted by atomic mass is 19.4. The zero-order valence-corrected chi connectivity index (χ0v) is 13.3. The highest BCUT2D eigenvalue weighted by Gasteiger charge is 2.39. The number of nitrogens with zero attached hydrogens (tertiary/aromatic N) is 3. The van der Waals surface area contributed by atoms with Crippen molar-refractivity contribution in [2.24, 2.45) is 0 Å². The maximum Gasteiger partial charge on any atom is 0.449 e. The van der Waals surface area contributed by atoms with E-state index in [1.54, 1.807) is 4.90 Å². The number of imidazole rings is 1. The molecule has 1 amide bonds. The number of carbonyl (C=O) groups excluding carboxylic acids is 1. The lowest BCUT2D eigenvalue weighted by molar-refractivity contribution is -0.148. The molecule has 0 spiro atoms. The number of benzene rings is 1. The lowest BCUT2D eigenvalue weighted by atomic mass is 10.2. The van der Waals surface area contributed by atoms with E-state index in [9.17, 15) is 18.0 Å². The summed E-state index contributed by atoms with van der Waals surface area (Å²) in [4.78, 5) is 17.7. The fourth-order valence-electron chi connectivity index (χ4n) is 3.24. The standard InChI is InChI=1S/C16H16F3N3O3/c17-16(18,19)15-20-10-7-12-13(25-6-5-24-12)8-11(10)22(15)9-14(23)21-3-1-2-4-21/h7-8H,1-6,9H2. The molecule has 134 valence electrons. The molecule has 9 heteroatoms. The van der Waals surface area contributed by atoms with Crippen molar-refractivity contribution in [2.75, 3.05) is 26.3 Å². The molecular formula is C16H16F3N3O3. The molecule has 0 saturated carbocycles. The number of amides is 1. The fourth-order valence-corrected chi connectivity index (χ4v) is 3.24. The Morgan fingerprint density at radius 1 is 1.12 bits per heavy atom. The predicted octanol–water partition coefficient (Wildman–Crippen LogP) is 2.45. The van der Waals surface area contributed by atoms with Crippen LogP contribution >= 0.6 is 0 Å². The summed E-state index contributed by atoms with van der Waals surface area (Å²) in [5, 5.41) is 0. The van der Waals surface area contributed by atoms with Crippen LogP contribution in [0.5, 0.6) is 11.5 Å². The minimum absolute atomic E-state index is 0.130. The SMILES string of the molecule is O=C(Cn1c(C(F)(F)F)nc2cc3c(cc21)OCCO3)N1CCCC1. The van der Waals surface area contributed by atoms with Crippen LogP contribution in [0.4, 0.5) is 13.2 Å². The first-order valence-corrected chi connectivity index (χ1v) is 8.08. The van der Waals surface area contributed by atoms with Gasteiger partial charge in [-0.25, -0.2) is 4.98 Å². The van der Waals surface area contributed by atoms with Crippen molar-refractivity contribution < 1.29 is 27.4 Å². The van der Waals surface area contributed by atoms with E-state index in [1.165, 1.54) is 12.1 Å². The number of alkyl halides is 3. The zero-order chi connectivity index (χ0) is 17.6. The summed E-state index contributed by atoms with van der Waals surface area (Å²) in [6.07, 6.45) is -2.91. The van der Waals surface area contributed by atoms with Crippen LogP contribution in [0.2, 0.25) is 0 Å². The third-order valence-electron chi connectivity index (χ3n) is 4.42. The lowest BCUT2D eigenvalue weighted by Crippen LogP contribution is -2.32. The number of hydrogen-bond acceptors (Lipinski definition) is 4. The van der Waals surface area contributed by atoms with Crippen molar-refractivity contribution in [1.82, 2.24) is 14.5 Å². The Balaban J connectivity index is 1.79. The summed E-state index contributed by atoms with van der Waals surface area (Å²) in [6, 6.07) is 2.89.